The summed E-state index contributed by atoms with van der Waals surface area (Å²) in [5.41, 5.74) is 9.73. The topological polar surface area (TPSA) is 9.86 Å². The van der Waals surface area contributed by atoms with E-state index in [-0.39, 0.29) is 0 Å². The Labute approximate surface area is 286 Å². The molecule has 0 bridgehead atoms. The minimum absolute atomic E-state index is 1.16. The number of fused-ring (bicyclic) bond motifs is 11. The van der Waals surface area contributed by atoms with Crippen molar-refractivity contribution in [1.82, 2.24) is 9.13 Å². The lowest BCUT2D eigenvalue weighted by molar-refractivity contribution is 1.17. The summed E-state index contributed by atoms with van der Waals surface area (Å²) < 4.78 is 7.54. The number of aromatic nitrogens is 2. The van der Waals surface area contributed by atoms with E-state index in [0.717, 1.165) is 5.69 Å². The van der Waals surface area contributed by atoms with Crippen LogP contribution in [-0.4, -0.2) is 9.13 Å². The van der Waals surface area contributed by atoms with Crippen molar-refractivity contribution in [2.24, 2.45) is 0 Å². The molecule has 0 N–H and O–H groups in total. The summed E-state index contributed by atoms with van der Waals surface area (Å²) in [7, 11) is 0. The molecule has 8 aromatic carbocycles. The molecule has 11 aromatic rings. The average Bonchev–Trinajstić information content (AvgIpc) is 3.82. The quantitative estimate of drug-likeness (QED) is 0.182. The molecule has 0 aliphatic heterocycles. The molecule has 3 heterocycles. The fourth-order valence-corrected chi connectivity index (χ4v) is 9.33. The van der Waals surface area contributed by atoms with E-state index >= 15 is 0 Å². The van der Waals surface area contributed by atoms with Gasteiger partial charge in [-0.2, -0.15) is 0 Å². The van der Waals surface area contributed by atoms with E-state index in [1.807, 2.05) is 11.3 Å². The molecule has 0 aliphatic carbocycles. The lowest BCUT2D eigenvalue weighted by atomic mass is 9.99. The van der Waals surface area contributed by atoms with Gasteiger partial charge in [0.2, 0.25) is 0 Å². The first kappa shape index (κ1) is 26.9. The monoisotopic (exact) mass is 640 g/mol. The Morgan fingerprint density at radius 1 is 0.347 bits per heavy atom. The molecule has 11 rings (SSSR count). The SMILES string of the molecule is c1ccc2cc(-n3c4ccccc4c4c5c6ccccc6n(-c6ccc(-c7cccc8sc9ccccc9c78)cc6)c5ccc43)ccc2c1. The zero-order chi connectivity index (χ0) is 32.1. The van der Waals surface area contributed by atoms with Gasteiger partial charge in [-0.1, -0.05) is 109 Å². The standard InChI is InChI=1S/C46H28N2S/c1-2-11-31-28-33(25-20-29(31)10-1)48-39-17-7-4-13-36(39)46-41(48)27-26-40-45(46)35-12-3-6-16-38(35)47(40)32-23-21-30(22-24-32)34-15-9-19-43-44(34)37-14-5-8-18-42(37)49-43/h1-28H. The summed E-state index contributed by atoms with van der Waals surface area (Å²) in [6.45, 7) is 0. The van der Waals surface area contributed by atoms with E-state index in [2.05, 4.69) is 179 Å². The predicted octanol–water partition coefficient (Wildman–Crippen LogP) is 13.1. The van der Waals surface area contributed by atoms with Gasteiger partial charge in [0.25, 0.3) is 0 Å². The van der Waals surface area contributed by atoms with E-state index < -0.39 is 0 Å². The molecule has 0 radical (unpaired) electrons. The van der Waals surface area contributed by atoms with Gasteiger partial charge < -0.3 is 9.13 Å². The molecule has 0 atom stereocenters. The molecular formula is C46H28N2S. The van der Waals surface area contributed by atoms with Crippen molar-refractivity contribution in [3.05, 3.63) is 170 Å². The molecule has 0 unspecified atom stereocenters. The van der Waals surface area contributed by atoms with Gasteiger partial charge in [-0.15, -0.1) is 11.3 Å². The van der Waals surface area contributed by atoms with Crippen LogP contribution in [0.4, 0.5) is 0 Å². The molecule has 0 amide bonds. The molecular weight excluding hydrogens is 613 g/mol. The zero-order valence-electron chi connectivity index (χ0n) is 26.5. The molecule has 3 heteroatoms. The Hall–Kier alpha value is -6.16. The third-order valence-corrected chi connectivity index (χ3v) is 11.4. The Balaban J connectivity index is 1.15. The van der Waals surface area contributed by atoms with E-state index in [9.17, 15) is 0 Å². The summed E-state index contributed by atoms with van der Waals surface area (Å²) in [5.74, 6) is 0. The summed E-state index contributed by atoms with van der Waals surface area (Å²) in [5, 5.41) is 10.3. The molecule has 0 saturated carbocycles. The van der Waals surface area contributed by atoms with Gasteiger partial charge in [0, 0.05) is 53.1 Å². The van der Waals surface area contributed by atoms with Crippen LogP contribution in [0.25, 0.3) is 97.1 Å². The van der Waals surface area contributed by atoms with Crippen LogP contribution in [0.15, 0.2) is 170 Å². The number of rotatable bonds is 3. The number of hydrogen-bond acceptors (Lipinski definition) is 1. The highest BCUT2D eigenvalue weighted by molar-refractivity contribution is 7.25. The molecule has 228 valence electrons. The van der Waals surface area contributed by atoms with Gasteiger partial charge in [-0.05, 0) is 82.6 Å². The minimum Gasteiger partial charge on any atom is -0.309 e. The summed E-state index contributed by atoms with van der Waals surface area (Å²) in [6.07, 6.45) is 0. The van der Waals surface area contributed by atoms with E-state index in [4.69, 9.17) is 0 Å². The van der Waals surface area contributed by atoms with Crippen molar-refractivity contribution in [2.45, 2.75) is 0 Å². The Morgan fingerprint density at radius 3 is 1.65 bits per heavy atom. The molecule has 0 saturated heterocycles. The first-order valence-corrected chi connectivity index (χ1v) is 17.6. The second kappa shape index (κ2) is 10.2. The van der Waals surface area contributed by atoms with Gasteiger partial charge in [0.05, 0.1) is 22.1 Å². The molecule has 49 heavy (non-hydrogen) atoms. The molecule has 2 nitrogen and oxygen atoms in total. The van der Waals surface area contributed by atoms with Crippen molar-refractivity contribution >= 4 is 85.9 Å². The number of benzene rings is 8. The lowest BCUT2D eigenvalue weighted by Crippen LogP contribution is -1.95. The first-order chi connectivity index (χ1) is 24.3. The third-order valence-electron chi connectivity index (χ3n) is 10.3. The summed E-state index contributed by atoms with van der Waals surface area (Å²) in [4.78, 5) is 0. The maximum absolute atomic E-state index is 2.44. The Bertz CT molecular complexity index is 3100. The number of hydrogen-bond donors (Lipinski definition) is 0. The van der Waals surface area contributed by atoms with Crippen LogP contribution in [0, 0.1) is 0 Å². The zero-order valence-corrected chi connectivity index (χ0v) is 27.3. The van der Waals surface area contributed by atoms with Crippen molar-refractivity contribution in [1.29, 1.82) is 0 Å². The van der Waals surface area contributed by atoms with Crippen LogP contribution in [0.1, 0.15) is 0 Å². The number of para-hydroxylation sites is 2. The molecule has 3 aromatic heterocycles. The van der Waals surface area contributed by atoms with Gasteiger partial charge in [-0.3, -0.25) is 0 Å². The van der Waals surface area contributed by atoms with Crippen molar-refractivity contribution in [3.63, 3.8) is 0 Å². The smallest absolute Gasteiger partial charge is 0.0548 e. The largest absolute Gasteiger partial charge is 0.309 e. The number of thiophene rings is 1. The van der Waals surface area contributed by atoms with Gasteiger partial charge in [-0.25, -0.2) is 0 Å². The van der Waals surface area contributed by atoms with Gasteiger partial charge in [0.1, 0.15) is 0 Å². The highest BCUT2D eigenvalue weighted by Gasteiger charge is 2.20. The van der Waals surface area contributed by atoms with Gasteiger partial charge >= 0.3 is 0 Å². The molecule has 0 aliphatic rings. The van der Waals surface area contributed by atoms with Crippen molar-refractivity contribution in [2.75, 3.05) is 0 Å². The Morgan fingerprint density at radius 2 is 0.918 bits per heavy atom. The van der Waals surface area contributed by atoms with Crippen LogP contribution in [-0.2, 0) is 0 Å². The maximum Gasteiger partial charge on any atom is 0.0548 e. The van der Waals surface area contributed by atoms with Crippen LogP contribution < -0.4 is 0 Å². The molecule has 0 fully saturated rings. The second-order valence-corrected chi connectivity index (χ2v) is 14.0. The van der Waals surface area contributed by atoms with Crippen LogP contribution >= 0.6 is 11.3 Å². The lowest BCUT2D eigenvalue weighted by Gasteiger charge is -2.11. The van der Waals surface area contributed by atoms with E-state index in [0.29, 0.717) is 0 Å². The van der Waals surface area contributed by atoms with Gasteiger partial charge in [0.15, 0.2) is 0 Å². The summed E-state index contributed by atoms with van der Waals surface area (Å²) in [6, 6.07) is 62.4. The summed E-state index contributed by atoms with van der Waals surface area (Å²) >= 11 is 1.87. The number of nitrogens with zero attached hydrogens (tertiary/aromatic N) is 2. The van der Waals surface area contributed by atoms with Crippen molar-refractivity contribution in [3.8, 4) is 22.5 Å². The Kier molecular flexibility index (Phi) is 5.57. The van der Waals surface area contributed by atoms with E-state index in [1.165, 1.54) is 91.4 Å². The van der Waals surface area contributed by atoms with E-state index in [1.54, 1.807) is 0 Å². The van der Waals surface area contributed by atoms with Crippen LogP contribution in [0.5, 0.6) is 0 Å². The molecule has 0 spiro atoms. The average molecular weight is 641 g/mol. The highest BCUT2D eigenvalue weighted by atomic mass is 32.1. The predicted molar refractivity (Wildman–Crippen MR) is 211 cm³/mol. The van der Waals surface area contributed by atoms with Crippen LogP contribution in [0.3, 0.4) is 0 Å². The second-order valence-electron chi connectivity index (χ2n) is 12.9. The highest BCUT2D eigenvalue weighted by Crippen LogP contribution is 2.43. The van der Waals surface area contributed by atoms with Crippen LogP contribution in [0.2, 0.25) is 0 Å². The fourth-order valence-electron chi connectivity index (χ4n) is 8.20. The maximum atomic E-state index is 2.44. The third kappa shape index (κ3) is 3.82. The first-order valence-electron chi connectivity index (χ1n) is 16.8. The fraction of sp³-hybridized carbons (Fsp3) is 0. The normalized spacial score (nSPS) is 12.1. The van der Waals surface area contributed by atoms with Crippen molar-refractivity contribution < 1.29 is 0 Å². The minimum atomic E-state index is 1.16.